The molecule has 0 aromatic rings. The minimum Gasteiger partial charge on any atom is -0.481 e. The highest BCUT2D eigenvalue weighted by molar-refractivity contribution is 5.77. The van der Waals surface area contributed by atoms with E-state index >= 15 is 0 Å². The Morgan fingerprint density at radius 2 is 2.00 bits per heavy atom. The summed E-state index contributed by atoms with van der Waals surface area (Å²) in [5.74, 6) is -0.931. The van der Waals surface area contributed by atoms with Crippen molar-refractivity contribution in [2.45, 2.75) is 26.2 Å². The van der Waals surface area contributed by atoms with Crippen LogP contribution in [-0.4, -0.2) is 49.1 Å². The van der Waals surface area contributed by atoms with Crippen molar-refractivity contribution in [3.63, 3.8) is 0 Å². The van der Waals surface area contributed by atoms with E-state index in [0.29, 0.717) is 13.0 Å². The largest absolute Gasteiger partial charge is 0.481 e. The van der Waals surface area contributed by atoms with Crippen LogP contribution in [0.25, 0.3) is 0 Å². The monoisotopic (exact) mass is 230 g/mol. The van der Waals surface area contributed by atoms with Gasteiger partial charge in [0.2, 0.25) is 5.91 Å². The van der Waals surface area contributed by atoms with E-state index in [0.717, 1.165) is 13.0 Å². The van der Waals surface area contributed by atoms with Gasteiger partial charge in [0.1, 0.15) is 0 Å². The molecule has 1 unspecified atom stereocenters. The molecule has 0 aromatic heterocycles. The number of carboxylic acids is 1. The number of hydrogen-bond acceptors (Lipinski definition) is 3. The molecule has 0 bridgehead atoms. The van der Waals surface area contributed by atoms with Crippen molar-refractivity contribution in [3.8, 4) is 0 Å². The van der Waals surface area contributed by atoms with Gasteiger partial charge in [-0.2, -0.15) is 0 Å². The number of carboxylic acid groups (broad SMARTS) is 1. The number of amides is 1. The van der Waals surface area contributed by atoms with Gasteiger partial charge in [-0.15, -0.1) is 0 Å². The molecule has 0 radical (unpaired) electrons. The number of nitrogens with zero attached hydrogens (tertiary/aromatic N) is 1. The average Bonchev–Trinajstić information content (AvgIpc) is 2.16. The lowest BCUT2D eigenvalue weighted by molar-refractivity contribution is -0.138. The number of nitrogens with one attached hydrogen (secondary N) is 1. The minimum absolute atomic E-state index is 0.0184. The van der Waals surface area contributed by atoms with E-state index in [4.69, 9.17) is 5.11 Å². The Morgan fingerprint density at radius 1 is 1.38 bits per heavy atom. The van der Waals surface area contributed by atoms with Crippen molar-refractivity contribution in [3.05, 3.63) is 0 Å². The molecule has 0 spiro atoms. The average molecular weight is 230 g/mol. The number of rotatable bonds is 8. The van der Waals surface area contributed by atoms with Crippen LogP contribution in [0.1, 0.15) is 26.2 Å². The molecule has 0 saturated heterocycles. The maximum Gasteiger partial charge on any atom is 0.303 e. The Balaban J connectivity index is 3.81. The Bertz CT molecular complexity index is 231. The maximum atomic E-state index is 11.6. The molecule has 1 atom stereocenters. The minimum atomic E-state index is -0.849. The van der Waals surface area contributed by atoms with Crippen molar-refractivity contribution < 1.29 is 14.7 Å². The quantitative estimate of drug-likeness (QED) is 0.598. The molecule has 0 aliphatic rings. The summed E-state index contributed by atoms with van der Waals surface area (Å²) in [5.41, 5.74) is 0. The first-order valence-electron chi connectivity index (χ1n) is 5.57. The first-order valence-corrected chi connectivity index (χ1v) is 5.57. The highest BCUT2D eigenvalue weighted by Crippen LogP contribution is 2.09. The summed E-state index contributed by atoms with van der Waals surface area (Å²) < 4.78 is 0. The predicted molar refractivity (Wildman–Crippen MR) is 62.2 cm³/mol. The standard InChI is InChI=1S/C11H22N2O3/c1-9(8-11(15)16)7-10(14)13(3)6-4-5-12-2/h9,12H,4-8H2,1-3H3,(H,15,16). The van der Waals surface area contributed by atoms with Gasteiger partial charge in [-0.25, -0.2) is 0 Å². The second-order valence-corrected chi connectivity index (χ2v) is 4.18. The van der Waals surface area contributed by atoms with Crippen molar-refractivity contribution in [2.24, 2.45) is 5.92 Å². The second-order valence-electron chi connectivity index (χ2n) is 4.18. The molecule has 2 N–H and O–H groups in total. The highest BCUT2D eigenvalue weighted by Gasteiger charge is 2.15. The predicted octanol–water partition coefficient (Wildman–Crippen LogP) is 0.555. The molecule has 5 nitrogen and oxygen atoms in total. The van der Waals surface area contributed by atoms with Gasteiger partial charge in [0.15, 0.2) is 0 Å². The number of carbonyl (C=O) groups is 2. The number of aliphatic carboxylic acids is 1. The summed E-state index contributed by atoms with van der Waals surface area (Å²) in [7, 11) is 3.63. The van der Waals surface area contributed by atoms with Crippen LogP contribution in [0.2, 0.25) is 0 Å². The van der Waals surface area contributed by atoms with Crippen LogP contribution in [0.5, 0.6) is 0 Å². The maximum absolute atomic E-state index is 11.6. The third kappa shape index (κ3) is 7.23. The molecule has 0 heterocycles. The lowest BCUT2D eigenvalue weighted by Crippen LogP contribution is -2.30. The van der Waals surface area contributed by atoms with Crippen molar-refractivity contribution in [2.75, 3.05) is 27.2 Å². The molecule has 0 aliphatic heterocycles. The van der Waals surface area contributed by atoms with Crippen molar-refractivity contribution in [1.29, 1.82) is 0 Å². The van der Waals surface area contributed by atoms with E-state index in [1.54, 1.807) is 18.9 Å². The van der Waals surface area contributed by atoms with Gasteiger partial charge in [0, 0.05) is 26.4 Å². The Morgan fingerprint density at radius 3 is 2.50 bits per heavy atom. The summed E-state index contributed by atoms with van der Waals surface area (Å²) in [6.07, 6.45) is 1.27. The molecule has 1 amide bonds. The van der Waals surface area contributed by atoms with Crippen LogP contribution in [0.4, 0.5) is 0 Å². The van der Waals surface area contributed by atoms with Crippen LogP contribution in [0.3, 0.4) is 0 Å². The fourth-order valence-electron chi connectivity index (χ4n) is 1.44. The van der Waals surface area contributed by atoms with E-state index in [9.17, 15) is 9.59 Å². The van der Waals surface area contributed by atoms with Crippen LogP contribution in [0, 0.1) is 5.92 Å². The Hall–Kier alpha value is -1.10. The lowest BCUT2D eigenvalue weighted by atomic mass is 10.0. The van der Waals surface area contributed by atoms with Gasteiger partial charge in [0.05, 0.1) is 0 Å². The third-order valence-electron chi connectivity index (χ3n) is 2.39. The van der Waals surface area contributed by atoms with E-state index in [2.05, 4.69) is 5.32 Å². The van der Waals surface area contributed by atoms with Crippen molar-refractivity contribution >= 4 is 11.9 Å². The number of carbonyl (C=O) groups excluding carboxylic acids is 1. The van der Waals surface area contributed by atoms with E-state index in [-0.39, 0.29) is 18.2 Å². The summed E-state index contributed by atoms with van der Waals surface area (Å²) in [5, 5.41) is 11.6. The van der Waals surface area contributed by atoms with Crippen LogP contribution in [-0.2, 0) is 9.59 Å². The number of hydrogen-bond donors (Lipinski definition) is 2. The summed E-state index contributed by atoms with van der Waals surface area (Å²) >= 11 is 0. The molecule has 0 aliphatic carbocycles. The molecule has 94 valence electrons. The first kappa shape index (κ1) is 14.9. The Kier molecular flexibility index (Phi) is 7.54. The topological polar surface area (TPSA) is 69.6 Å². The summed E-state index contributed by atoms with van der Waals surface area (Å²) in [4.78, 5) is 23.7. The SMILES string of the molecule is CNCCCN(C)C(=O)CC(C)CC(=O)O. The van der Waals surface area contributed by atoms with Gasteiger partial charge in [-0.3, -0.25) is 9.59 Å². The second kappa shape index (κ2) is 8.10. The van der Waals surface area contributed by atoms with Crippen molar-refractivity contribution in [1.82, 2.24) is 10.2 Å². The van der Waals surface area contributed by atoms with E-state index < -0.39 is 5.97 Å². The zero-order chi connectivity index (χ0) is 12.6. The summed E-state index contributed by atoms with van der Waals surface area (Å²) in [6.45, 7) is 3.37. The van der Waals surface area contributed by atoms with E-state index in [1.807, 2.05) is 7.05 Å². The van der Waals surface area contributed by atoms with Gasteiger partial charge in [0.25, 0.3) is 0 Å². The van der Waals surface area contributed by atoms with Crippen LogP contribution >= 0.6 is 0 Å². The molecule has 0 fully saturated rings. The fourth-order valence-corrected chi connectivity index (χ4v) is 1.44. The van der Waals surface area contributed by atoms with Gasteiger partial charge in [-0.05, 0) is 25.9 Å². The third-order valence-corrected chi connectivity index (χ3v) is 2.39. The van der Waals surface area contributed by atoms with Crippen LogP contribution < -0.4 is 5.32 Å². The zero-order valence-electron chi connectivity index (χ0n) is 10.3. The lowest BCUT2D eigenvalue weighted by Gasteiger charge is -2.18. The molecule has 0 aromatic carbocycles. The molecular weight excluding hydrogens is 208 g/mol. The Labute approximate surface area is 96.8 Å². The summed E-state index contributed by atoms with van der Waals surface area (Å²) in [6, 6.07) is 0. The zero-order valence-corrected chi connectivity index (χ0v) is 10.3. The van der Waals surface area contributed by atoms with Gasteiger partial charge >= 0.3 is 5.97 Å². The smallest absolute Gasteiger partial charge is 0.303 e. The molecule has 0 saturated carbocycles. The van der Waals surface area contributed by atoms with Gasteiger partial charge in [-0.1, -0.05) is 6.92 Å². The highest BCUT2D eigenvalue weighted by atomic mass is 16.4. The normalized spacial score (nSPS) is 12.2. The molecule has 0 rings (SSSR count). The van der Waals surface area contributed by atoms with E-state index in [1.165, 1.54) is 0 Å². The molecule has 16 heavy (non-hydrogen) atoms. The van der Waals surface area contributed by atoms with Gasteiger partial charge < -0.3 is 15.3 Å². The molecule has 5 heteroatoms. The first-order chi connectivity index (χ1) is 7.47. The van der Waals surface area contributed by atoms with Crippen LogP contribution in [0.15, 0.2) is 0 Å². The molecular formula is C11H22N2O3. The fraction of sp³-hybridized carbons (Fsp3) is 0.818.